The van der Waals surface area contributed by atoms with Crippen LogP contribution in [0.5, 0.6) is 0 Å². The van der Waals surface area contributed by atoms with Gasteiger partial charge in [0.15, 0.2) is 0 Å². The maximum atomic E-state index is 3.97. The molecule has 0 atom stereocenters. The van der Waals surface area contributed by atoms with E-state index in [1.54, 1.807) is 0 Å². The first-order valence-electron chi connectivity index (χ1n) is 5.06. The van der Waals surface area contributed by atoms with Gasteiger partial charge in [-0.25, -0.2) is 0 Å². The Labute approximate surface area is 90.9 Å². The predicted octanol–water partition coefficient (Wildman–Crippen LogP) is 3.42. The molecule has 1 nitrogen and oxygen atoms in total. The molecule has 0 aliphatic rings. The molecule has 0 unspecified atom stereocenters. The van der Waals surface area contributed by atoms with E-state index in [2.05, 4.69) is 38.7 Å². The minimum atomic E-state index is 0.937. The van der Waals surface area contributed by atoms with Crippen molar-refractivity contribution in [3.8, 4) is 0 Å². The van der Waals surface area contributed by atoms with Crippen molar-refractivity contribution in [1.82, 2.24) is 5.32 Å². The van der Waals surface area contributed by atoms with Crippen molar-refractivity contribution in [2.24, 2.45) is 0 Å². The van der Waals surface area contributed by atoms with Crippen LogP contribution in [-0.4, -0.2) is 6.54 Å². The van der Waals surface area contributed by atoms with Crippen molar-refractivity contribution in [2.75, 3.05) is 6.54 Å². The number of thiophene rings is 1. The monoisotopic (exact) mass is 209 g/mol. The zero-order valence-electron chi connectivity index (χ0n) is 9.31. The summed E-state index contributed by atoms with van der Waals surface area (Å²) >= 11 is 1.88. The summed E-state index contributed by atoms with van der Waals surface area (Å²) in [7, 11) is 0. The first kappa shape index (κ1) is 11.5. The number of rotatable bonds is 5. The molecule has 0 radical (unpaired) electrons. The van der Waals surface area contributed by atoms with Gasteiger partial charge in [-0.05, 0) is 31.9 Å². The van der Waals surface area contributed by atoms with Crippen molar-refractivity contribution < 1.29 is 0 Å². The van der Waals surface area contributed by atoms with Gasteiger partial charge in [-0.15, -0.1) is 11.3 Å². The Morgan fingerprint density at radius 3 is 2.71 bits per heavy atom. The molecule has 0 saturated heterocycles. The highest BCUT2D eigenvalue weighted by Crippen LogP contribution is 2.20. The molecule has 1 heterocycles. The smallest absolute Gasteiger partial charge is 0.0302 e. The van der Waals surface area contributed by atoms with Crippen LogP contribution >= 0.6 is 11.3 Å². The molecule has 0 aliphatic heterocycles. The van der Waals surface area contributed by atoms with Gasteiger partial charge in [0.05, 0.1) is 0 Å². The summed E-state index contributed by atoms with van der Waals surface area (Å²) in [6.07, 6.45) is 1.06. The number of hydrogen-bond donors (Lipinski definition) is 1. The molecule has 14 heavy (non-hydrogen) atoms. The second kappa shape index (κ2) is 5.32. The SMILES string of the molecule is C=C(CC)CNCc1cc(C)c(C)s1. The standard InChI is InChI=1S/C12H19NS/c1-5-9(2)7-13-8-12-6-10(3)11(4)14-12/h6,13H,2,5,7-8H2,1,3-4H3. The highest BCUT2D eigenvalue weighted by Gasteiger charge is 2.00. The van der Waals surface area contributed by atoms with Crippen molar-refractivity contribution in [1.29, 1.82) is 0 Å². The fourth-order valence-corrected chi connectivity index (χ4v) is 2.25. The average Bonchev–Trinajstić information content (AvgIpc) is 2.46. The Hall–Kier alpha value is -0.600. The average molecular weight is 209 g/mol. The van der Waals surface area contributed by atoms with Crippen molar-refractivity contribution >= 4 is 11.3 Å². The molecule has 1 aromatic heterocycles. The first-order chi connectivity index (χ1) is 6.63. The quantitative estimate of drug-likeness (QED) is 0.733. The third-order valence-electron chi connectivity index (χ3n) is 2.39. The lowest BCUT2D eigenvalue weighted by Gasteiger charge is -2.03. The zero-order chi connectivity index (χ0) is 10.6. The van der Waals surface area contributed by atoms with Gasteiger partial charge < -0.3 is 5.32 Å². The van der Waals surface area contributed by atoms with E-state index in [4.69, 9.17) is 0 Å². The molecule has 1 N–H and O–H groups in total. The van der Waals surface area contributed by atoms with E-state index in [9.17, 15) is 0 Å². The largest absolute Gasteiger partial charge is 0.308 e. The summed E-state index contributed by atoms with van der Waals surface area (Å²) < 4.78 is 0. The van der Waals surface area contributed by atoms with Crippen LogP contribution in [0.4, 0.5) is 0 Å². The van der Waals surface area contributed by atoms with Crippen LogP contribution in [0.3, 0.4) is 0 Å². The highest BCUT2D eigenvalue weighted by atomic mass is 32.1. The number of hydrogen-bond acceptors (Lipinski definition) is 2. The van der Waals surface area contributed by atoms with Crippen molar-refractivity contribution in [3.63, 3.8) is 0 Å². The van der Waals surface area contributed by atoms with Crippen LogP contribution in [0.2, 0.25) is 0 Å². The van der Waals surface area contributed by atoms with Crippen LogP contribution < -0.4 is 5.32 Å². The molecule has 2 heteroatoms. The minimum absolute atomic E-state index is 0.937. The molecule has 0 amide bonds. The summed E-state index contributed by atoms with van der Waals surface area (Å²) in [6, 6.07) is 2.27. The fourth-order valence-electron chi connectivity index (χ4n) is 1.22. The van der Waals surface area contributed by atoms with E-state index >= 15 is 0 Å². The van der Waals surface area contributed by atoms with Gasteiger partial charge in [-0.3, -0.25) is 0 Å². The molecular formula is C12H19NS. The van der Waals surface area contributed by atoms with E-state index < -0.39 is 0 Å². The Morgan fingerprint density at radius 1 is 1.50 bits per heavy atom. The Bertz CT molecular complexity index is 293. The van der Waals surface area contributed by atoms with Crippen LogP contribution in [0.25, 0.3) is 0 Å². The van der Waals surface area contributed by atoms with Crippen molar-refractivity contribution in [2.45, 2.75) is 33.7 Å². The molecule has 0 fully saturated rings. The van der Waals surface area contributed by atoms with Crippen LogP contribution in [-0.2, 0) is 6.54 Å². The summed E-state index contributed by atoms with van der Waals surface area (Å²) in [5.74, 6) is 0. The maximum absolute atomic E-state index is 3.97. The van der Waals surface area contributed by atoms with Gasteiger partial charge >= 0.3 is 0 Å². The number of aryl methyl sites for hydroxylation is 2. The summed E-state index contributed by atoms with van der Waals surface area (Å²) in [5, 5.41) is 3.40. The van der Waals surface area contributed by atoms with E-state index in [0.29, 0.717) is 0 Å². The molecule has 0 aliphatic carbocycles. The van der Waals surface area contributed by atoms with Crippen LogP contribution in [0.1, 0.15) is 28.7 Å². The minimum Gasteiger partial charge on any atom is -0.308 e. The Morgan fingerprint density at radius 2 is 2.21 bits per heavy atom. The molecule has 0 saturated carbocycles. The Balaban J connectivity index is 2.35. The topological polar surface area (TPSA) is 12.0 Å². The third-order valence-corrected chi connectivity index (χ3v) is 3.54. The van der Waals surface area contributed by atoms with E-state index in [0.717, 1.165) is 19.5 Å². The molecule has 0 spiro atoms. The maximum Gasteiger partial charge on any atom is 0.0302 e. The van der Waals surface area contributed by atoms with E-state index in [1.807, 2.05) is 11.3 Å². The second-order valence-corrected chi connectivity index (χ2v) is 5.00. The Kier molecular flexibility index (Phi) is 4.36. The predicted molar refractivity (Wildman–Crippen MR) is 64.9 cm³/mol. The lowest BCUT2D eigenvalue weighted by atomic mass is 10.2. The fraction of sp³-hybridized carbons (Fsp3) is 0.500. The summed E-state index contributed by atoms with van der Waals surface area (Å²) in [4.78, 5) is 2.85. The molecule has 1 aromatic rings. The van der Waals surface area contributed by atoms with Gasteiger partial charge in [-0.1, -0.05) is 19.1 Å². The lowest BCUT2D eigenvalue weighted by Crippen LogP contribution is -2.15. The van der Waals surface area contributed by atoms with Gasteiger partial charge in [0, 0.05) is 22.8 Å². The molecule has 78 valence electrons. The summed E-state index contributed by atoms with van der Waals surface area (Å²) in [5.41, 5.74) is 2.68. The second-order valence-electron chi connectivity index (χ2n) is 3.66. The van der Waals surface area contributed by atoms with Crippen LogP contribution in [0, 0.1) is 13.8 Å². The third kappa shape index (κ3) is 3.28. The molecule has 1 rings (SSSR count). The van der Waals surface area contributed by atoms with Gasteiger partial charge in [0.1, 0.15) is 0 Å². The van der Waals surface area contributed by atoms with E-state index in [-0.39, 0.29) is 0 Å². The first-order valence-corrected chi connectivity index (χ1v) is 5.88. The van der Waals surface area contributed by atoms with Gasteiger partial charge in [-0.2, -0.15) is 0 Å². The van der Waals surface area contributed by atoms with Crippen LogP contribution in [0.15, 0.2) is 18.2 Å². The van der Waals surface area contributed by atoms with Gasteiger partial charge in [0.2, 0.25) is 0 Å². The summed E-state index contributed by atoms with van der Waals surface area (Å²) in [6.45, 7) is 12.4. The molecule has 0 aromatic carbocycles. The lowest BCUT2D eigenvalue weighted by molar-refractivity contribution is 0.735. The zero-order valence-corrected chi connectivity index (χ0v) is 10.1. The molecular weight excluding hydrogens is 190 g/mol. The highest BCUT2D eigenvalue weighted by molar-refractivity contribution is 7.12. The normalized spacial score (nSPS) is 10.5. The van der Waals surface area contributed by atoms with E-state index in [1.165, 1.54) is 20.9 Å². The number of nitrogens with one attached hydrogen (secondary N) is 1. The molecule has 0 bridgehead atoms. The van der Waals surface area contributed by atoms with Crippen molar-refractivity contribution in [3.05, 3.63) is 33.5 Å². The van der Waals surface area contributed by atoms with Gasteiger partial charge in [0.25, 0.3) is 0 Å².